The lowest BCUT2D eigenvalue weighted by Gasteiger charge is -2.50. The lowest BCUT2D eigenvalue weighted by Crippen LogP contribution is -2.64. The number of fused-ring (bicyclic) bond motifs is 3. The van der Waals surface area contributed by atoms with Crippen LogP contribution >= 0.6 is 0 Å². The molecule has 0 saturated carbocycles. The number of aliphatic hydroxyl groups excluding tert-OH is 2. The molecule has 1 aliphatic heterocycles. The van der Waals surface area contributed by atoms with Gasteiger partial charge in [0.25, 0.3) is 5.91 Å². The van der Waals surface area contributed by atoms with Gasteiger partial charge in [-0.1, -0.05) is 6.92 Å². The van der Waals surface area contributed by atoms with E-state index >= 15 is 4.39 Å². The summed E-state index contributed by atoms with van der Waals surface area (Å²) < 4.78 is 15.5. The number of carbonyl (C=O) groups is 4. The Hall–Kier alpha value is -3.61. The summed E-state index contributed by atoms with van der Waals surface area (Å²) in [6.07, 6.45) is 1.35. The lowest BCUT2D eigenvalue weighted by atomic mass is 9.58. The van der Waals surface area contributed by atoms with E-state index in [2.05, 4.69) is 0 Å². The van der Waals surface area contributed by atoms with Crippen molar-refractivity contribution in [1.29, 1.82) is 0 Å². The minimum atomic E-state index is -2.78. The minimum Gasteiger partial charge on any atom is -0.510 e. The largest absolute Gasteiger partial charge is 0.510 e. The van der Waals surface area contributed by atoms with Gasteiger partial charge in [0.15, 0.2) is 17.2 Å². The van der Waals surface area contributed by atoms with E-state index in [0.717, 1.165) is 32.0 Å². The van der Waals surface area contributed by atoms with Crippen LogP contribution in [0.3, 0.4) is 0 Å². The van der Waals surface area contributed by atoms with E-state index in [-0.39, 0.29) is 48.3 Å². The van der Waals surface area contributed by atoms with Gasteiger partial charge in [0, 0.05) is 29.0 Å². The molecule has 41 heavy (non-hydrogen) atoms. The molecule has 4 aliphatic rings. The molecule has 1 saturated heterocycles. The van der Waals surface area contributed by atoms with Crippen LogP contribution in [0.2, 0.25) is 0 Å². The zero-order valence-electron chi connectivity index (χ0n) is 22.9. The summed E-state index contributed by atoms with van der Waals surface area (Å²) in [5.41, 5.74) is 0.710. The van der Waals surface area contributed by atoms with Gasteiger partial charge >= 0.3 is 0 Å². The number of phenolic OH excluding ortho intramolecular Hbond substituents is 1. The average molecular weight is 572 g/mol. The number of Topliss-reactive ketones (excluding diaryl/α,β-unsaturated/α-hetero) is 3. The number of likely N-dealkylation sites (N-methyl/N-ethyl adjacent to an activating group) is 1. The predicted molar refractivity (Wildman–Crippen MR) is 143 cm³/mol. The van der Waals surface area contributed by atoms with Crippen LogP contribution in [-0.4, -0.2) is 98.4 Å². The molecule has 1 aromatic rings. The van der Waals surface area contributed by atoms with E-state index in [4.69, 9.17) is 5.73 Å². The predicted octanol–water partition coefficient (Wildman–Crippen LogP) is 0.857. The van der Waals surface area contributed by atoms with E-state index in [0.29, 0.717) is 6.54 Å². The highest BCUT2D eigenvalue weighted by Gasteiger charge is 2.63. The van der Waals surface area contributed by atoms with Crippen LogP contribution in [0.1, 0.15) is 47.7 Å². The molecule has 0 radical (unpaired) electrons. The maximum absolute atomic E-state index is 15.5. The van der Waals surface area contributed by atoms with Gasteiger partial charge in [-0.2, -0.15) is 0 Å². The second kappa shape index (κ2) is 10.3. The molecule has 0 spiro atoms. The highest BCUT2D eigenvalue weighted by atomic mass is 19.1. The van der Waals surface area contributed by atoms with Gasteiger partial charge in [0.2, 0.25) is 5.78 Å². The molecule has 0 unspecified atom stereocenters. The molecule has 1 fully saturated rings. The Morgan fingerprint density at radius 2 is 1.85 bits per heavy atom. The third-order valence-electron chi connectivity index (χ3n) is 9.15. The normalized spacial score (nSPS) is 28.2. The fourth-order valence-electron chi connectivity index (χ4n) is 7.03. The second-order valence-electron chi connectivity index (χ2n) is 11.5. The van der Waals surface area contributed by atoms with Gasteiger partial charge in [-0.15, -0.1) is 0 Å². The zero-order valence-corrected chi connectivity index (χ0v) is 22.9. The monoisotopic (exact) mass is 571 g/mol. The van der Waals surface area contributed by atoms with Gasteiger partial charge in [-0.3, -0.25) is 29.0 Å². The van der Waals surface area contributed by atoms with Crippen LogP contribution in [0, 0.1) is 17.7 Å². The molecule has 0 aromatic heterocycles. The first kappa shape index (κ1) is 28.9. The van der Waals surface area contributed by atoms with Crippen LogP contribution in [0.5, 0.6) is 5.75 Å². The first-order valence-electron chi connectivity index (χ1n) is 13.8. The topological polar surface area (TPSA) is 182 Å². The molecule has 11 nitrogen and oxygen atoms in total. The number of allylic oxidation sites excluding steroid dienone is 1. The van der Waals surface area contributed by atoms with E-state index in [1.807, 2.05) is 4.90 Å². The van der Waals surface area contributed by atoms with Gasteiger partial charge in [-0.25, -0.2) is 4.39 Å². The number of nitrogens with zero attached hydrogens (tertiary/aromatic N) is 2. The molecule has 12 heteroatoms. The summed E-state index contributed by atoms with van der Waals surface area (Å²) in [5.74, 6) is -9.03. The first-order valence-corrected chi connectivity index (χ1v) is 13.8. The van der Waals surface area contributed by atoms with Crippen molar-refractivity contribution in [2.45, 2.75) is 50.7 Å². The fourth-order valence-corrected chi connectivity index (χ4v) is 7.03. The summed E-state index contributed by atoms with van der Waals surface area (Å²) in [6, 6.07) is -0.0737. The number of primary amides is 1. The van der Waals surface area contributed by atoms with Gasteiger partial charge in [0.05, 0.1) is 18.2 Å². The van der Waals surface area contributed by atoms with Crippen molar-refractivity contribution in [3.05, 3.63) is 51.2 Å². The number of rotatable bonds is 7. The van der Waals surface area contributed by atoms with Crippen molar-refractivity contribution >= 4 is 23.3 Å². The maximum atomic E-state index is 15.5. The average Bonchev–Trinajstić information content (AvgIpc) is 3.41. The third-order valence-corrected chi connectivity index (χ3v) is 9.15. The van der Waals surface area contributed by atoms with E-state index in [9.17, 15) is 39.6 Å². The van der Waals surface area contributed by atoms with E-state index in [1.54, 1.807) is 18.9 Å². The summed E-state index contributed by atoms with van der Waals surface area (Å²) in [6.45, 7) is 3.72. The van der Waals surface area contributed by atoms with Crippen molar-refractivity contribution in [3.63, 3.8) is 0 Å². The van der Waals surface area contributed by atoms with Crippen molar-refractivity contribution in [2.24, 2.45) is 17.6 Å². The number of ketones is 3. The molecule has 220 valence electrons. The van der Waals surface area contributed by atoms with Crippen LogP contribution in [0.4, 0.5) is 4.39 Å². The third kappa shape index (κ3) is 4.36. The number of phenols is 1. The number of nitrogens with two attached hydrogens (primary N) is 1. The first-order chi connectivity index (χ1) is 19.3. The highest BCUT2D eigenvalue weighted by molar-refractivity contribution is 6.24. The van der Waals surface area contributed by atoms with E-state index in [1.165, 1.54) is 0 Å². The Morgan fingerprint density at radius 1 is 1.20 bits per heavy atom. The molecular formula is C29H34FN3O8. The van der Waals surface area contributed by atoms with E-state index < -0.39 is 75.2 Å². The summed E-state index contributed by atoms with van der Waals surface area (Å²) in [4.78, 5) is 55.6. The summed E-state index contributed by atoms with van der Waals surface area (Å²) in [5, 5.41) is 45.1. The fraction of sp³-hybridized carbons (Fsp3) is 0.517. The Kier molecular flexibility index (Phi) is 7.29. The van der Waals surface area contributed by atoms with Gasteiger partial charge in [0.1, 0.15) is 28.7 Å². The SMILES string of the molecule is CCN(C)[C@@H]1C(O)=C(C(N)=O)C(=O)[C@@]2(O)C(O)=C3C(=O)c4c(O)c(CC(=O)CN5CCCC5)cc(F)c4C[C@H]3C[C@@H]12. The Labute approximate surface area is 235 Å². The van der Waals surface area contributed by atoms with Crippen LogP contribution < -0.4 is 5.73 Å². The Morgan fingerprint density at radius 3 is 2.46 bits per heavy atom. The number of benzene rings is 1. The number of amides is 1. The molecule has 3 aliphatic carbocycles. The maximum Gasteiger partial charge on any atom is 0.255 e. The quantitative estimate of drug-likeness (QED) is 0.294. The number of carbonyl (C=O) groups excluding carboxylic acids is 4. The Bertz CT molecular complexity index is 1430. The van der Waals surface area contributed by atoms with Crippen LogP contribution in [0.25, 0.3) is 0 Å². The number of aliphatic hydroxyl groups is 3. The highest BCUT2D eigenvalue weighted by Crippen LogP contribution is 2.52. The second-order valence-corrected chi connectivity index (χ2v) is 11.5. The van der Waals surface area contributed by atoms with Crippen molar-refractivity contribution in [2.75, 3.05) is 33.2 Å². The summed E-state index contributed by atoms with van der Waals surface area (Å²) in [7, 11) is 1.58. The molecule has 0 bridgehead atoms. The number of likely N-dealkylation sites (tertiary alicyclic amines) is 1. The molecule has 6 N–H and O–H groups in total. The molecule has 1 aromatic carbocycles. The molecular weight excluding hydrogens is 537 g/mol. The van der Waals surface area contributed by atoms with Crippen LogP contribution in [-0.2, 0) is 27.2 Å². The summed E-state index contributed by atoms with van der Waals surface area (Å²) >= 11 is 0. The van der Waals surface area contributed by atoms with Crippen molar-refractivity contribution in [3.8, 4) is 5.75 Å². The van der Waals surface area contributed by atoms with Gasteiger partial charge in [-0.05, 0) is 64.3 Å². The molecule has 1 amide bonds. The smallest absolute Gasteiger partial charge is 0.255 e. The zero-order chi connectivity index (χ0) is 30.0. The lowest BCUT2D eigenvalue weighted by molar-refractivity contribution is -0.148. The minimum absolute atomic E-state index is 0.0769. The van der Waals surface area contributed by atoms with Crippen molar-refractivity contribution in [1.82, 2.24) is 9.80 Å². The van der Waals surface area contributed by atoms with Crippen LogP contribution in [0.15, 0.2) is 28.7 Å². The molecule has 1 heterocycles. The number of hydrogen-bond donors (Lipinski definition) is 5. The van der Waals surface area contributed by atoms with Gasteiger partial charge < -0.3 is 26.2 Å². The number of halogens is 1. The Balaban J connectivity index is 1.59. The number of aromatic hydroxyl groups is 1. The number of hydrogen-bond acceptors (Lipinski definition) is 10. The van der Waals surface area contributed by atoms with Crippen molar-refractivity contribution < 1.29 is 44.0 Å². The molecule has 4 atom stereocenters. The molecule has 5 rings (SSSR count). The standard InChI is InChI=1S/C29H34FN3O8/c1-3-32(2)22-17-10-13-9-16-18(30)11-14(8-15(34)12-33-6-4-5-7-33)23(35)20(16)24(36)19(13)26(38)29(17,41)27(39)21(25(22)37)28(31)40/h11,13,17,22,35,37-38,41H,3-10,12H2,1-2H3,(H2,31,40)/t13-,17-,22-,29-/m0/s1.